The second kappa shape index (κ2) is 5.40. The Morgan fingerprint density at radius 3 is 2.71 bits per heavy atom. The molecule has 2 heterocycles. The van der Waals surface area contributed by atoms with Crippen molar-refractivity contribution in [2.75, 3.05) is 0 Å². The van der Waals surface area contributed by atoms with Gasteiger partial charge in [-0.3, -0.25) is 9.78 Å². The van der Waals surface area contributed by atoms with Crippen molar-refractivity contribution in [1.82, 2.24) is 10.3 Å². The summed E-state index contributed by atoms with van der Waals surface area (Å²) in [6, 6.07) is 9.69. The van der Waals surface area contributed by atoms with Gasteiger partial charge in [0, 0.05) is 29.9 Å². The fourth-order valence-electron chi connectivity index (χ4n) is 2.31. The molecule has 0 aliphatic carbocycles. The van der Waals surface area contributed by atoms with Crippen LogP contribution in [0.1, 0.15) is 27.2 Å². The van der Waals surface area contributed by atoms with E-state index in [1.165, 1.54) is 0 Å². The largest absolute Gasteiger partial charge is 0.451 e. The lowest BCUT2D eigenvalue weighted by Gasteiger charge is -2.03. The minimum absolute atomic E-state index is 0.196. The van der Waals surface area contributed by atoms with E-state index in [0.717, 1.165) is 27.7 Å². The first kappa shape index (κ1) is 13.4. The summed E-state index contributed by atoms with van der Waals surface area (Å²) in [7, 11) is 0. The second-order valence-corrected chi connectivity index (χ2v) is 5.09. The Hall–Kier alpha value is -2.62. The van der Waals surface area contributed by atoms with E-state index >= 15 is 0 Å². The first-order valence-corrected chi connectivity index (χ1v) is 6.82. The molecule has 1 N–H and O–H groups in total. The molecule has 0 atom stereocenters. The minimum atomic E-state index is -0.196. The van der Waals surface area contributed by atoms with E-state index in [2.05, 4.69) is 10.3 Å². The van der Waals surface area contributed by atoms with Crippen molar-refractivity contribution in [3.8, 4) is 0 Å². The van der Waals surface area contributed by atoms with Crippen molar-refractivity contribution >= 4 is 16.9 Å². The van der Waals surface area contributed by atoms with Crippen LogP contribution in [0.25, 0.3) is 11.0 Å². The number of fused-ring (bicyclic) bond motifs is 1. The molecular formula is C17H16N2O2. The number of hydrogen-bond acceptors (Lipinski definition) is 3. The highest BCUT2D eigenvalue weighted by atomic mass is 16.3. The first-order chi connectivity index (χ1) is 10.1. The lowest BCUT2D eigenvalue weighted by molar-refractivity contribution is 0.0924. The van der Waals surface area contributed by atoms with Gasteiger partial charge in [0.15, 0.2) is 5.76 Å². The SMILES string of the molecule is Cc1ccc2c(C)c(C(=O)NCc3ccncc3)oc2c1. The zero-order valence-corrected chi connectivity index (χ0v) is 12.0. The number of amides is 1. The van der Waals surface area contributed by atoms with Gasteiger partial charge in [-0.05, 0) is 43.2 Å². The lowest BCUT2D eigenvalue weighted by atomic mass is 10.1. The van der Waals surface area contributed by atoms with Gasteiger partial charge in [-0.2, -0.15) is 0 Å². The van der Waals surface area contributed by atoms with Crippen LogP contribution in [0.3, 0.4) is 0 Å². The lowest BCUT2D eigenvalue weighted by Crippen LogP contribution is -2.22. The molecule has 0 aliphatic heterocycles. The Balaban J connectivity index is 1.83. The van der Waals surface area contributed by atoms with E-state index < -0.39 is 0 Å². The molecule has 0 radical (unpaired) electrons. The molecule has 3 rings (SSSR count). The van der Waals surface area contributed by atoms with Crippen LogP contribution in [0.15, 0.2) is 47.1 Å². The Morgan fingerprint density at radius 1 is 1.19 bits per heavy atom. The maximum atomic E-state index is 12.3. The van der Waals surface area contributed by atoms with Crippen molar-refractivity contribution in [1.29, 1.82) is 0 Å². The zero-order valence-electron chi connectivity index (χ0n) is 12.0. The summed E-state index contributed by atoms with van der Waals surface area (Å²) in [6.45, 7) is 4.36. The highest BCUT2D eigenvalue weighted by Crippen LogP contribution is 2.26. The molecule has 4 heteroatoms. The van der Waals surface area contributed by atoms with Crippen molar-refractivity contribution in [3.05, 3.63) is 65.2 Å². The van der Waals surface area contributed by atoms with E-state index in [4.69, 9.17) is 4.42 Å². The number of rotatable bonds is 3. The average Bonchev–Trinajstić information content (AvgIpc) is 2.82. The van der Waals surface area contributed by atoms with E-state index in [1.807, 2.05) is 44.2 Å². The highest BCUT2D eigenvalue weighted by molar-refractivity contribution is 5.98. The summed E-state index contributed by atoms with van der Waals surface area (Å²) < 4.78 is 5.71. The van der Waals surface area contributed by atoms with E-state index in [-0.39, 0.29) is 5.91 Å². The summed E-state index contributed by atoms with van der Waals surface area (Å²) in [5, 5.41) is 3.85. The maximum Gasteiger partial charge on any atom is 0.287 e. The third-order valence-electron chi connectivity index (χ3n) is 3.50. The molecule has 0 spiro atoms. The number of carbonyl (C=O) groups is 1. The Morgan fingerprint density at radius 2 is 1.95 bits per heavy atom. The monoisotopic (exact) mass is 280 g/mol. The van der Waals surface area contributed by atoms with E-state index in [1.54, 1.807) is 12.4 Å². The summed E-state index contributed by atoms with van der Waals surface area (Å²) in [5.74, 6) is 0.183. The summed E-state index contributed by atoms with van der Waals surface area (Å²) in [5.41, 5.74) is 3.74. The van der Waals surface area contributed by atoms with Crippen molar-refractivity contribution in [3.63, 3.8) is 0 Å². The van der Waals surface area contributed by atoms with Gasteiger partial charge in [-0.15, -0.1) is 0 Å². The molecule has 0 saturated heterocycles. The number of benzene rings is 1. The van der Waals surface area contributed by atoms with Gasteiger partial charge in [-0.1, -0.05) is 12.1 Å². The van der Waals surface area contributed by atoms with Gasteiger partial charge < -0.3 is 9.73 Å². The quantitative estimate of drug-likeness (QED) is 0.800. The van der Waals surface area contributed by atoms with Gasteiger partial charge in [0.25, 0.3) is 5.91 Å². The van der Waals surface area contributed by atoms with Gasteiger partial charge in [0.05, 0.1) is 0 Å². The fourth-order valence-corrected chi connectivity index (χ4v) is 2.31. The molecule has 106 valence electrons. The fraction of sp³-hybridized carbons (Fsp3) is 0.176. The number of carbonyl (C=O) groups excluding carboxylic acids is 1. The highest BCUT2D eigenvalue weighted by Gasteiger charge is 2.17. The number of nitrogens with one attached hydrogen (secondary N) is 1. The average molecular weight is 280 g/mol. The number of hydrogen-bond donors (Lipinski definition) is 1. The Bertz CT molecular complexity index is 791. The van der Waals surface area contributed by atoms with Crippen LogP contribution in [0, 0.1) is 13.8 Å². The smallest absolute Gasteiger partial charge is 0.287 e. The van der Waals surface area contributed by atoms with Crippen LogP contribution >= 0.6 is 0 Å². The first-order valence-electron chi connectivity index (χ1n) is 6.82. The third kappa shape index (κ3) is 2.65. The number of aryl methyl sites for hydroxylation is 2. The molecular weight excluding hydrogens is 264 g/mol. The van der Waals surface area contributed by atoms with Crippen molar-refractivity contribution < 1.29 is 9.21 Å². The van der Waals surface area contributed by atoms with Gasteiger partial charge in [0.2, 0.25) is 0 Å². The molecule has 1 amide bonds. The number of furan rings is 1. The van der Waals surface area contributed by atoms with E-state index in [9.17, 15) is 4.79 Å². The van der Waals surface area contributed by atoms with Crippen molar-refractivity contribution in [2.45, 2.75) is 20.4 Å². The molecule has 4 nitrogen and oxygen atoms in total. The van der Waals surface area contributed by atoms with Crippen LogP contribution in [0.5, 0.6) is 0 Å². The predicted molar refractivity (Wildman–Crippen MR) is 81.1 cm³/mol. The molecule has 0 unspecified atom stereocenters. The van der Waals surface area contributed by atoms with Gasteiger partial charge >= 0.3 is 0 Å². The molecule has 0 bridgehead atoms. The molecule has 0 fully saturated rings. The van der Waals surface area contributed by atoms with Crippen LogP contribution < -0.4 is 5.32 Å². The molecule has 0 saturated carbocycles. The summed E-state index contributed by atoms with van der Waals surface area (Å²) in [6.07, 6.45) is 3.41. The zero-order chi connectivity index (χ0) is 14.8. The Kier molecular flexibility index (Phi) is 3.44. The number of nitrogens with zero attached hydrogens (tertiary/aromatic N) is 1. The summed E-state index contributed by atoms with van der Waals surface area (Å²) in [4.78, 5) is 16.2. The second-order valence-electron chi connectivity index (χ2n) is 5.09. The third-order valence-corrected chi connectivity index (χ3v) is 3.50. The van der Waals surface area contributed by atoms with Crippen LogP contribution in [0.2, 0.25) is 0 Å². The van der Waals surface area contributed by atoms with E-state index in [0.29, 0.717) is 12.3 Å². The predicted octanol–water partition coefficient (Wildman–Crippen LogP) is 3.37. The molecule has 3 aromatic rings. The van der Waals surface area contributed by atoms with Crippen molar-refractivity contribution in [2.24, 2.45) is 0 Å². The number of aromatic nitrogens is 1. The van der Waals surface area contributed by atoms with Crippen LogP contribution in [-0.2, 0) is 6.54 Å². The minimum Gasteiger partial charge on any atom is -0.451 e. The topological polar surface area (TPSA) is 55.1 Å². The standard InChI is InChI=1S/C17H16N2O2/c1-11-3-4-14-12(2)16(21-15(14)9-11)17(20)19-10-13-5-7-18-8-6-13/h3-9H,10H2,1-2H3,(H,19,20). The Labute approximate surface area is 122 Å². The van der Waals surface area contributed by atoms with Gasteiger partial charge in [0.1, 0.15) is 5.58 Å². The number of pyridine rings is 1. The molecule has 2 aromatic heterocycles. The summed E-state index contributed by atoms with van der Waals surface area (Å²) >= 11 is 0. The van der Waals surface area contributed by atoms with Crippen LogP contribution in [-0.4, -0.2) is 10.9 Å². The van der Waals surface area contributed by atoms with Crippen LogP contribution in [0.4, 0.5) is 0 Å². The normalized spacial score (nSPS) is 10.8. The molecule has 1 aromatic carbocycles. The van der Waals surface area contributed by atoms with Gasteiger partial charge in [-0.25, -0.2) is 0 Å². The maximum absolute atomic E-state index is 12.3. The molecule has 21 heavy (non-hydrogen) atoms. The molecule has 0 aliphatic rings.